The molecule has 0 aliphatic carbocycles. The van der Waals surface area contributed by atoms with Crippen LogP contribution in [0.5, 0.6) is 5.75 Å². The molecule has 0 radical (unpaired) electrons. The molecule has 0 fully saturated rings. The number of phenolic OH excluding ortho intramolecular Hbond substituents is 1. The molecular formula is C33H26N4O5. The van der Waals surface area contributed by atoms with Crippen molar-refractivity contribution in [3.63, 3.8) is 0 Å². The zero-order valence-corrected chi connectivity index (χ0v) is 22.8. The van der Waals surface area contributed by atoms with Gasteiger partial charge in [-0.3, -0.25) is 4.90 Å². The Morgan fingerprint density at radius 1 is 0.929 bits per heavy atom. The summed E-state index contributed by atoms with van der Waals surface area (Å²) >= 11 is 0. The van der Waals surface area contributed by atoms with E-state index < -0.39 is 17.9 Å². The van der Waals surface area contributed by atoms with E-state index in [1.807, 2.05) is 18.2 Å². The van der Waals surface area contributed by atoms with Crippen molar-refractivity contribution >= 4 is 40.7 Å². The van der Waals surface area contributed by atoms with Crippen molar-refractivity contribution in [1.82, 2.24) is 4.98 Å². The number of carbonyl (C=O) groups excluding carboxylic acids is 2. The van der Waals surface area contributed by atoms with Gasteiger partial charge in [0.1, 0.15) is 22.8 Å². The fourth-order valence-corrected chi connectivity index (χ4v) is 5.01. The maximum absolute atomic E-state index is 13.4. The van der Waals surface area contributed by atoms with Crippen LogP contribution < -0.4 is 10.6 Å². The molecule has 0 saturated carbocycles. The average Bonchev–Trinajstić information content (AvgIpc) is 3.03. The molecule has 9 heteroatoms. The predicted molar refractivity (Wildman–Crippen MR) is 158 cm³/mol. The minimum absolute atomic E-state index is 0.0333. The number of hydrogen-bond acceptors (Lipinski definition) is 9. The zero-order valence-electron chi connectivity index (χ0n) is 22.8. The second-order valence-electron chi connectivity index (χ2n) is 9.31. The first-order chi connectivity index (χ1) is 20.4. The highest BCUT2D eigenvalue weighted by molar-refractivity contribution is 6.07. The number of methoxy groups -OCH3 is 2. The number of nitriles is 1. The summed E-state index contributed by atoms with van der Waals surface area (Å²) in [6.07, 6.45) is 3.51. The molecule has 42 heavy (non-hydrogen) atoms. The van der Waals surface area contributed by atoms with Crippen molar-refractivity contribution < 1.29 is 24.2 Å². The van der Waals surface area contributed by atoms with Gasteiger partial charge in [-0.25, -0.2) is 14.6 Å². The molecule has 0 amide bonds. The van der Waals surface area contributed by atoms with Crippen molar-refractivity contribution in [2.24, 2.45) is 5.73 Å². The molecule has 0 spiro atoms. The smallest absolute Gasteiger partial charge is 0.355 e. The van der Waals surface area contributed by atoms with E-state index in [9.17, 15) is 20.0 Å². The van der Waals surface area contributed by atoms with Gasteiger partial charge in [0.15, 0.2) is 0 Å². The van der Waals surface area contributed by atoms with Gasteiger partial charge in [-0.15, -0.1) is 0 Å². The lowest BCUT2D eigenvalue weighted by Crippen LogP contribution is -2.41. The SMILES string of the molecule is COC(=O)C1=C(C(=O)OC)N(c2ccccc2C=Cc2ccc3cccc(O)c3n2)C(N)=C(C#N)C1c1ccccc1. The third-order valence-corrected chi connectivity index (χ3v) is 6.94. The number of hydrogen-bond donors (Lipinski definition) is 2. The normalized spacial score (nSPS) is 15.2. The van der Waals surface area contributed by atoms with Gasteiger partial charge in [0, 0.05) is 5.39 Å². The van der Waals surface area contributed by atoms with Crippen LogP contribution in [0.25, 0.3) is 23.1 Å². The Bertz CT molecular complexity index is 1840. The van der Waals surface area contributed by atoms with Crippen molar-refractivity contribution in [1.29, 1.82) is 5.26 Å². The Kier molecular flexibility index (Phi) is 7.71. The number of nitrogens with two attached hydrogens (primary N) is 1. The summed E-state index contributed by atoms with van der Waals surface area (Å²) in [5.41, 5.74) is 9.11. The van der Waals surface area contributed by atoms with Crippen molar-refractivity contribution in [2.45, 2.75) is 5.92 Å². The highest BCUT2D eigenvalue weighted by Gasteiger charge is 2.43. The van der Waals surface area contributed by atoms with Crippen molar-refractivity contribution in [3.8, 4) is 11.8 Å². The van der Waals surface area contributed by atoms with Crippen molar-refractivity contribution in [2.75, 3.05) is 19.1 Å². The van der Waals surface area contributed by atoms with Gasteiger partial charge in [-0.1, -0.05) is 72.8 Å². The number of rotatable bonds is 6. The van der Waals surface area contributed by atoms with Gasteiger partial charge in [0.2, 0.25) is 0 Å². The number of allylic oxidation sites excluding steroid dienone is 1. The van der Waals surface area contributed by atoms with E-state index in [0.29, 0.717) is 28.0 Å². The summed E-state index contributed by atoms with van der Waals surface area (Å²) in [7, 11) is 2.40. The van der Waals surface area contributed by atoms with E-state index in [-0.39, 0.29) is 28.4 Å². The molecule has 1 atom stereocenters. The molecule has 3 N–H and O–H groups in total. The highest BCUT2D eigenvalue weighted by Crippen LogP contribution is 2.44. The summed E-state index contributed by atoms with van der Waals surface area (Å²) < 4.78 is 10.2. The number of benzene rings is 3. The lowest BCUT2D eigenvalue weighted by molar-refractivity contribution is -0.139. The topological polar surface area (TPSA) is 139 Å². The number of anilines is 1. The number of para-hydroxylation sites is 2. The van der Waals surface area contributed by atoms with Gasteiger partial charge < -0.3 is 20.3 Å². The third kappa shape index (κ3) is 4.93. The molecule has 9 nitrogen and oxygen atoms in total. The number of phenols is 1. The zero-order chi connectivity index (χ0) is 29.8. The quantitative estimate of drug-likeness (QED) is 0.313. The fraction of sp³-hybridized carbons (Fsp3) is 0.0909. The number of carbonyl (C=O) groups is 2. The first-order valence-electron chi connectivity index (χ1n) is 12.9. The average molecular weight is 559 g/mol. The van der Waals surface area contributed by atoms with E-state index >= 15 is 0 Å². The second-order valence-corrected chi connectivity index (χ2v) is 9.31. The minimum Gasteiger partial charge on any atom is -0.506 e. The monoisotopic (exact) mass is 558 g/mol. The number of aromatic hydroxyl groups is 1. The Morgan fingerprint density at radius 3 is 2.36 bits per heavy atom. The second kappa shape index (κ2) is 11.7. The van der Waals surface area contributed by atoms with Gasteiger partial charge in [0.05, 0.1) is 48.7 Å². The maximum Gasteiger partial charge on any atom is 0.355 e. The van der Waals surface area contributed by atoms with Crippen LogP contribution in [0.2, 0.25) is 0 Å². The Hall–Kier alpha value is -5.88. The van der Waals surface area contributed by atoms with E-state index in [1.165, 1.54) is 19.1 Å². The standard InChI is InChI=1S/C33H26N4O5/c1-41-32(39)28-27(21-10-4-3-5-11-21)24(19-34)31(35)37(30(28)33(40)42-2)25-13-7-6-9-20(25)15-17-23-18-16-22-12-8-14-26(38)29(22)36-23/h3-18,27,38H,35H2,1-2H3. The molecule has 4 aromatic rings. The van der Waals surface area contributed by atoms with Crippen LogP contribution in [0.15, 0.2) is 108 Å². The summed E-state index contributed by atoms with van der Waals surface area (Å²) in [5, 5.41) is 21.3. The number of esters is 2. The predicted octanol–water partition coefficient (Wildman–Crippen LogP) is 5.01. The van der Waals surface area contributed by atoms with E-state index in [1.54, 1.807) is 78.9 Å². The van der Waals surface area contributed by atoms with E-state index in [2.05, 4.69) is 11.1 Å². The third-order valence-electron chi connectivity index (χ3n) is 6.94. The number of fused-ring (bicyclic) bond motifs is 1. The van der Waals surface area contributed by atoms with Crippen molar-refractivity contribution in [3.05, 3.63) is 124 Å². The number of pyridine rings is 1. The van der Waals surface area contributed by atoms with Gasteiger partial charge in [-0.05, 0) is 35.4 Å². The Morgan fingerprint density at radius 2 is 1.64 bits per heavy atom. The largest absolute Gasteiger partial charge is 0.506 e. The lowest BCUT2D eigenvalue weighted by atomic mass is 9.80. The molecule has 1 aromatic heterocycles. The fourth-order valence-electron chi connectivity index (χ4n) is 5.01. The van der Waals surface area contributed by atoms with Gasteiger partial charge in [-0.2, -0.15) is 5.26 Å². The molecule has 0 saturated heterocycles. The highest BCUT2D eigenvalue weighted by atomic mass is 16.5. The number of nitrogens with zero attached hydrogens (tertiary/aromatic N) is 3. The number of ether oxygens (including phenoxy) is 2. The first kappa shape index (κ1) is 27.7. The minimum atomic E-state index is -0.966. The molecule has 0 bridgehead atoms. The van der Waals surface area contributed by atoms with Crippen LogP contribution in [-0.2, 0) is 19.1 Å². The molecular weight excluding hydrogens is 532 g/mol. The molecule has 3 aromatic carbocycles. The molecule has 2 heterocycles. The molecule has 1 unspecified atom stereocenters. The van der Waals surface area contributed by atoms with E-state index in [4.69, 9.17) is 15.2 Å². The van der Waals surface area contributed by atoms with Crippen LogP contribution in [0.3, 0.4) is 0 Å². The summed E-state index contributed by atoms with van der Waals surface area (Å²) in [4.78, 5) is 32.6. The van der Waals surface area contributed by atoms with Crippen LogP contribution in [-0.4, -0.2) is 36.2 Å². The first-order valence-corrected chi connectivity index (χ1v) is 12.9. The number of aromatic nitrogens is 1. The van der Waals surface area contributed by atoms with Crippen LogP contribution in [0.4, 0.5) is 5.69 Å². The molecule has 1 aliphatic rings. The van der Waals surface area contributed by atoms with Crippen LogP contribution in [0, 0.1) is 11.3 Å². The molecule has 1 aliphatic heterocycles. The summed E-state index contributed by atoms with van der Waals surface area (Å²) in [5.74, 6) is -2.57. The van der Waals surface area contributed by atoms with E-state index in [0.717, 1.165) is 5.39 Å². The molecule has 208 valence electrons. The lowest BCUT2D eigenvalue weighted by Gasteiger charge is -2.36. The Balaban J connectivity index is 1.71. The van der Waals surface area contributed by atoms with Crippen LogP contribution >= 0.6 is 0 Å². The molecule has 5 rings (SSSR count). The van der Waals surface area contributed by atoms with Crippen LogP contribution in [0.1, 0.15) is 22.7 Å². The van der Waals surface area contributed by atoms with Gasteiger partial charge in [0.25, 0.3) is 0 Å². The Labute approximate surface area is 242 Å². The summed E-state index contributed by atoms with van der Waals surface area (Å²) in [6.45, 7) is 0. The maximum atomic E-state index is 13.4. The van der Waals surface area contributed by atoms with Gasteiger partial charge >= 0.3 is 11.9 Å². The summed E-state index contributed by atoms with van der Waals surface area (Å²) in [6, 6.07) is 26.8.